The molecule has 0 aromatic heterocycles. The molecule has 1 saturated carbocycles. The predicted octanol–water partition coefficient (Wildman–Crippen LogP) is 4.54. The summed E-state index contributed by atoms with van der Waals surface area (Å²) >= 11 is 0. The molecule has 0 radical (unpaired) electrons. The van der Waals surface area contributed by atoms with Crippen LogP contribution in [0.3, 0.4) is 0 Å². The van der Waals surface area contributed by atoms with Gasteiger partial charge in [0, 0.05) is 12.6 Å². The minimum atomic E-state index is -0.220. The number of allylic oxidation sites excluding steroid dienone is 3. The summed E-state index contributed by atoms with van der Waals surface area (Å²) in [5.41, 5.74) is 9.12. The topological polar surface area (TPSA) is 84.4 Å². The SMILES string of the molecule is CC/C(C)=C(/C=N\N=C(/C)OC)NC(C=C(N)C1CCCC1)=NC(C)(C)C. The number of methoxy groups -OCH3 is 1. The third kappa shape index (κ3) is 8.89. The highest BCUT2D eigenvalue weighted by Crippen LogP contribution is 2.28. The molecule has 0 aliphatic heterocycles. The summed E-state index contributed by atoms with van der Waals surface area (Å²) in [6, 6.07) is 0. The molecule has 1 rings (SSSR count). The molecule has 0 bridgehead atoms. The molecule has 27 heavy (non-hydrogen) atoms. The van der Waals surface area contributed by atoms with Gasteiger partial charge in [-0.05, 0) is 64.5 Å². The predicted molar refractivity (Wildman–Crippen MR) is 116 cm³/mol. The van der Waals surface area contributed by atoms with Crippen LogP contribution in [0.4, 0.5) is 0 Å². The second kappa shape index (κ2) is 10.9. The number of amidine groups is 1. The summed E-state index contributed by atoms with van der Waals surface area (Å²) in [5.74, 6) is 1.72. The van der Waals surface area contributed by atoms with E-state index in [-0.39, 0.29) is 5.54 Å². The molecular weight excluding hydrogens is 338 g/mol. The highest BCUT2D eigenvalue weighted by atomic mass is 16.5. The maximum atomic E-state index is 6.39. The number of hydrogen-bond donors (Lipinski definition) is 2. The van der Waals surface area contributed by atoms with Gasteiger partial charge in [-0.1, -0.05) is 19.8 Å². The highest BCUT2D eigenvalue weighted by Gasteiger charge is 2.18. The van der Waals surface area contributed by atoms with Gasteiger partial charge in [0.1, 0.15) is 5.84 Å². The van der Waals surface area contributed by atoms with Crippen molar-refractivity contribution in [1.29, 1.82) is 0 Å². The Balaban J connectivity index is 3.15. The van der Waals surface area contributed by atoms with Crippen LogP contribution in [0.2, 0.25) is 0 Å². The van der Waals surface area contributed by atoms with Crippen molar-refractivity contribution in [2.75, 3.05) is 7.11 Å². The molecule has 0 atom stereocenters. The van der Waals surface area contributed by atoms with Gasteiger partial charge in [0.25, 0.3) is 0 Å². The Bertz CT molecular complexity index is 629. The van der Waals surface area contributed by atoms with Gasteiger partial charge < -0.3 is 15.8 Å². The molecule has 152 valence electrons. The molecule has 0 unspecified atom stereocenters. The van der Waals surface area contributed by atoms with Crippen molar-refractivity contribution in [1.82, 2.24) is 5.32 Å². The van der Waals surface area contributed by atoms with E-state index in [0.29, 0.717) is 11.8 Å². The van der Waals surface area contributed by atoms with Crippen molar-refractivity contribution >= 4 is 17.9 Å². The van der Waals surface area contributed by atoms with Crippen molar-refractivity contribution < 1.29 is 4.74 Å². The van der Waals surface area contributed by atoms with Gasteiger partial charge in [-0.2, -0.15) is 5.10 Å². The van der Waals surface area contributed by atoms with Crippen LogP contribution in [0.15, 0.2) is 38.2 Å². The lowest BCUT2D eigenvalue weighted by Gasteiger charge is -2.18. The van der Waals surface area contributed by atoms with Crippen molar-refractivity contribution in [3.05, 3.63) is 23.0 Å². The van der Waals surface area contributed by atoms with Crippen molar-refractivity contribution in [2.24, 2.45) is 26.8 Å². The van der Waals surface area contributed by atoms with Crippen molar-refractivity contribution in [2.45, 2.75) is 79.2 Å². The Morgan fingerprint density at radius 1 is 1.22 bits per heavy atom. The number of aliphatic imine (C=N–C) groups is 1. The van der Waals surface area contributed by atoms with Crippen LogP contribution in [0.5, 0.6) is 0 Å². The van der Waals surface area contributed by atoms with Crippen molar-refractivity contribution in [3.63, 3.8) is 0 Å². The van der Waals surface area contributed by atoms with E-state index in [9.17, 15) is 0 Å². The summed E-state index contributed by atoms with van der Waals surface area (Å²) in [7, 11) is 1.57. The van der Waals surface area contributed by atoms with E-state index >= 15 is 0 Å². The highest BCUT2D eigenvalue weighted by molar-refractivity contribution is 5.99. The lowest BCUT2D eigenvalue weighted by Crippen LogP contribution is -2.28. The number of nitrogens with one attached hydrogen (secondary N) is 1. The van der Waals surface area contributed by atoms with Crippen LogP contribution in [0, 0.1) is 5.92 Å². The maximum Gasteiger partial charge on any atom is 0.205 e. The zero-order valence-electron chi connectivity index (χ0n) is 18.1. The number of nitrogens with two attached hydrogens (primary N) is 1. The maximum absolute atomic E-state index is 6.39. The van der Waals surface area contributed by atoms with E-state index in [1.54, 1.807) is 20.2 Å². The van der Waals surface area contributed by atoms with Gasteiger partial charge in [0.2, 0.25) is 5.90 Å². The fourth-order valence-electron chi connectivity index (χ4n) is 2.78. The van der Waals surface area contributed by atoms with E-state index in [1.807, 2.05) is 6.08 Å². The summed E-state index contributed by atoms with van der Waals surface area (Å²) in [4.78, 5) is 4.83. The average Bonchev–Trinajstić information content (AvgIpc) is 3.13. The Kier molecular flexibility index (Phi) is 9.26. The van der Waals surface area contributed by atoms with Crippen molar-refractivity contribution in [3.8, 4) is 0 Å². The van der Waals surface area contributed by atoms with Crippen LogP contribution in [0.1, 0.15) is 73.6 Å². The normalized spacial score (nSPS) is 18.9. The van der Waals surface area contributed by atoms with Gasteiger partial charge in [0.05, 0.1) is 24.6 Å². The Hall–Kier alpha value is -2.11. The number of ether oxygens (including phenoxy) is 1. The van der Waals surface area contributed by atoms with Gasteiger partial charge in [-0.3, -0.25) is 4.99 Å². The summed E-state index contributed by atoms with van der Waals surface area (Å²) < 4.78 is 5.03. The molecule has 0 heterocycles. The smallest absolute Gasteiger partial charge is 0.205 e. The number of nitrogens with zero attached hydrogens (tertiary/aromatic N) is 3. The minimum Gasteiger partial charge on any atom is -0.483 e. The van der Waals surface area contributed by atoms with E-state index < -0.39 is 0 Å². The third-order valence-corrected chi connectivity index (χ3v) is 4.52. The Morgan fingerprint density at radius 2 is 1.85 bits per heavy atom. The molecule has 0 amide bonds. The number of hydrogen-bond acceptors (Lipinski definition) is 5. The average molecular weight is 376 g/mol. The number of rotatable bonds is 6. The summed E-state index contributed by atoms with van der Waals surface area (Å²) in [6.07, 6.45) is 9.42. The first-order valence-electron chi connectivity index (χ1n) is 9.81. The van der Waals surface area contributed by atoms with Gasteiger partial charge >= 0.3 is 0 Å². The van der Waals surface area contributed by atoms with E-state index in [4.69, 9.17) is 15.5 Å². The van der Waals surface area contributed by atoms with Gasteiger partial charge in [-0.25, -0.2) is 0 Å². The monoisotopic (exact) mass is 375 g/mol. The van der Waals surface area contributed by atoms with Crippen LogP contribution in [-0.4, -0.2) is 30.6 Å². The second-order valence-electron chi connectivity index (χ2n) is 8.03. The minimum absolute atomic E-state index is 0.220. The standard InChI is InChI=1S/C21H37N5O/c1-8-15(2)19(14-23-26-16(3)27-7)24-20(25-21(4,5)6)13-18(22)17-11-9-10-12-17/h13-14,17H,8-12,22H2,1-7H3,(H,24,25)/b18-13?,19-15-,23-14-,26-16+. The third-order valence-electron chi connectivity index (χ3n) is 4.52. The molecule has 0 aromatic rings. The first-order chi connectivity index (χ1) is 12.7. The molecule has 1 aliphatic carbocycles. The molecular formula is C21H37N5O. The molecule has 0 spiro atoms. The Morgan fingerprint density at radius 3 is 2.37 bits per heavy atom. The fourth-order valence-corrected chi connectivity index (χ4v) is 2.78. The fraction of sp³-hybridized carbons (Fsp3) is 0.667. The Labute approximate surface area is 164 Å². The zero-order chi connectivity index (χ0) is 20.4. The lowest BCUT2D eigenvalue weighted by atomic mass is 10.0. The van der Waals surface area contributed by atoms with Crippen LogP contribution >= 0.6 is 0 Å². The second-order valence-corrected chi connectivity index (χ2v) is 8.03. The van der Waals surface area contributed by atoms with Crippen LogP contribution < -0.4 is 11.1 Å². The molecule has 1 aliphatic rings. The first-order valence-corrected chi connectivity index (χ1v) is 9.81. The lowest BCUT2D eigenvalue weighted by molar-refractivity contribution is 0.398. The summed E-state index contributed by atoms with van der Waals surface area (Å²) in [6.45, 7) is 12.2. The molecule has 6 heteroatoms. The van der Waals surface area contributed by atoms with E-state index in [0.717, 1.165) is 36.5 Å². The molecule has 0 saturated heterocycles. The molecule has 1 fully saturated rings. The molecule has 6 nitrogen and oxygen atoms in total. The largest absolute Gasteiger partial charge is 0.483 e. The van der Waals surface area contributed by atoms with Crippen LogP contribution in [-0.2, 0) is 4.74 Å². The zero-order valence-corrected chi connectivity index (χ0v) is 18.1. The molecule has 0 aromatic carbocycles. The summed E-state index contributed by atoms with van der Waals surface area (Å²) in [5, 5.41) is 11.6. The first kappa shape index (κ1) is 22.9. The van der Waals surface area contributed by atoms with Crippen LogP contribution in [0.25, 0.3) is 0 Å². The van der Waals surface area contributed by atoms with Gasteiger partial charge in [-0.15, -0.1) is 5.10 Å². The quantitative estimate of drug-likeness (QED) is 0.406. The van der Waals surface area contributed by atoms with Gasteiger partial charge in [0.15, 0.2) is 0 Å². The molecule has 3 N–H and O–H groups in total. The van der Waals surface area contributed by atoms with E-state index in [1.165, 1.54) is 18.4 Å². The van der Waals surface area contributed by atoms with E-state index in [2.05, 4.69) is 50.1 Å².